The number of aromatic amines is 1. The molecule has 3 nitrogen and oxygen atoms in total. The first-order valence-electron chi connectivity index (χ1n) is 5.20. The molecule has 0 unspecified atom stereocenters. The van der Waals surface area contributed by atoms with Gasteiger partial charge in [0.25, 0.3) is 0 Å². The molecular formula is C13H11N3. The molecule has 0 radical (unpaired) electrons. The fourth-order valence-corrected chi connectivity index (χ4v) is 1.76. The van der Waals surface area contributed by atoms with Crippen LogP contribution in [0.1, 0.15) is 5.69 Å². The van der Waals surface area contributed by atoms with Crippen LogP contribution in [-0.2, 0) is 0 Å². The van der Waals surface area contributed by atoms with Crippen LogP contribution in [0.25, 0.3) is 22.3 Å². The summed E-state index contributed by atoms with van der Waals surface area (Å²) in [5, 5.41) is 1.13. The van der Waals surface area contributed by atoms with Gasteiger partial charge >= 0.3 is 0 Å². The number of para-hydroxylation sites is 1. The van der Waals surface area contributed by atoms with Crippen molar-refractivity contribution in [1.82, 2.24) is 15.0 Å². The molecule has 0 amide bonds. The van der Waals surface area contributed by atoms with E-state index in [1.165, 1.54) is 0 Å². The third kappa shape index (κ3) is 1.46. The van der Waals surface area contributed by atoms with Crippen LogP contribution < -0.4 is 0 Å². The number of H-pyrrole nitrogens is 1. The summed E-state index contributed by atoms with van der Waals surface area (Å²) in [6.45, 7) is 1.99. The number of hydrogen-bond acceptors (Lipinski definition) is 2. The van der Waals surface area contributed by atoms with Crippen LogP contribution in [0.3, 0.4) is 0 Å². The Hall–Kier alpha value is -2.16. The number of nitrogens with one attached hydrogen (secondary N) is 1. The zero-order chi connectivity index (χ0) is 11.0. The molecule has 3 rings (SSSR count). The van der Waals surface area contributed by atoms with Gasteiger partial charge in [-0.05, 0) is 19.1 Å². The number of hydrogen-bond donors (Lipinski definition) is 1. The standard InChI is InChI=1S/C13H11N3/c1-9-7-15-13(16-9)11-6-10-4-2-3-5-12(10)14-8-11/h2-8H,1H3,(H,15,16). The van der Waals surface area contributed by atoms with Gasteiger partial charge < -0.3 is 4.98 Å². The van der Waals surface area contributed by atoms with Crippen molar-refractivity contribution in [2.24, 2.45) is 0 Å². The summed E-state index contributed by atoms with van der Waals surface area (Å²) in [6, 6.07) is 10.2. The Morgan fingerprint density at radius 1 is 1.06 bits per heavy atom. The van der Waals surface area contributed by atoms with Crippen molar-refractivity contribution in [3.05, 3.63) is 48.4 Å². The van der Waals surface area contributed by atoms with Gasteiger partial charge in [-0.1, -0.05) is 18.2 Å². The molecule has 0 saturated carbocycles. The van der Waals surface area contributed by atoms with E-state index in [1.54, 1.807) is 0 Å². The van der Waals surface area contributed by atoms with E-state index >= 15 is 0 Å². The predicted molar refractivity (Wildman–Crippen MR) is 64.1 cm³/mol. The average molecular weight is 209 g/mol. The molecule has 0 bridgehead atoms. The van der Waals surface area contributed by atoms with Crippen molar-refractivity contribution in [3.8, 4) is 11.4 Å². The average Bonchev–Trinajstić information content (AvgIpc) is 2.75. The van der Waals surface area contributed by atoms with Gasteiger partial charge in [0.15, 0.2) is 0 Å². The van der Waals surface area contributed by atoms with Crippen LogP contribution >= 0.6 is 0 Å². The van der Waals surface area contributed by atoms with E-state index in [0.29, 0.717) is 0 Å². The van der Waals surface area contributed by atoms with Crippen molar-refractivity contribution < 1.29 is 0 Å². The van der Waals surface area contributed by atoms with Crippen LogP contribution in [0.2, 0.25) is 0 Å². The van der Waals surface area contributed by atoms with E-state index in [9.17, 15) is 0 Å². The van der Waals surface area contributed by atoms with Gasteiger partial charge in [0, 0.05) is 29.0 Å². The third-order valence-corrected chi connectivity index (χ3v) is 2.57. The smallest absolute Gasteiger partial charge is 0.139 e. The highest BCUT2D eigenvalue weighted by molar-refractivity contribution is 5.82. The van der Waals surface area contributed by atoms with Crippen molar-refractivity contribution in [1.29, 1.82) is 0 Å². The lowest BCUT2D eigenvalue weighted by atomic mass is 10.1. The first-order valence-corrected chi connectivity index (χ1v) is 5.20. The molecule has 3 aromatic rings. The van der Waals surface area contributed by atoms with Crippen LogP contribution in [-0.4, -0.2) is 15.0 Å². The molecule has 0 aliphatic carbocycles. The Kier molecular flexibility index (Phi) is 1.96. The highest BCUT2D eigenvalue weighted by Crippen LogP contribution is 2.19. The molecule has 0 atom stereocenters. The van der Waals surface area contributed by atoms with E-state index in [1.807, 2.05) is 37.5 Å². The first-order chi connectivity index (χ1) is 7.83. The van der Waals surface area contributed by atoms with Gasteiger partial charge in [0.1, 0.15) is 5.82 Å². The van der Waals surface area contributed by atoms with E-state index in [0.717, 1.165) is 28.0 Å². The fraction of sp³-hybridized carbons (Fsp3) is 0.0769. The number of pyridine rings is 1. The fourth-order valence-electron chi connectivity index (χ4n) is 1.76. The van der Waals surface area contributed by atoms with Gasteiger partial charge in [0.05, 0.1) is 5.52 Å². The molecular weight excluding hydrogens is 198 g/mol. The normalized spacial score (nSPS) is 10.8. The van der Waals surface area contributed by atoms with Gasteiger partial charge in [0.2, 0.25) is 0 Å². The number of fused-ring (bicyclic) bond motifs is 1. The Morgan fingerprint density at radius 3 is 2.75 bits per heavy atom. The number of imidazole rings is 1. The Morgan fingerprint density at radius 2 is 1.94 bits per heavy atom. The van der Waals surface area contributed by atoms with Crippen molar-refractivity contribution in [2.75, 3.05) is 0 Å². The summed E-state index contributed by atoms with van der Waals surface area (Å²) in [6.07, 6.45) is 3.67. The molecule has 78 valence electrons. The molecule has 0 aliphatic rings. The Balaban J connectivity index is 2.18. The van der Waals surface area contributed by atoms with Gasteiger partial charge in [-0.25, -0.2) is 4.98 Å². The topological polar surface area (TPSA) is 41.6 Å². The molecule has 3 heteroatoms. The maximum absolute atomic E-state index is 4.41. The number of aromatic nitrogens is 3. The lowest BCUT2D eigenvalue weighted by molar-refractivity contribution is 1.25. The van der Waals surface area contributed by atoms with Gasteiger partial charge in [-0.3, -0.25) is 4.98 Å². The van der Waals surface area contributed by atoms with E-state index < -0.39 is 0 Å². The molecule has 2 heterocycles. The highest BCUT2D eigenvalue weighted by atomic mass is 14.9. The van der Waals surface area contributed by atoms with Gasteiger partial charge in [-0.15, -0.1) is 0 Å². The molecule has 0 aliphatic heterocycles. The van der Waals surface area contributed by atoms with E-state index in [2.05, 4.69) is 27.1 Å². The van der Waals surface area contributed by atoms with Crippen LogP contribution in [0.4, 0.5) is 0 Å². The molecule has 16 heavy (non-hydrogen) atoms. The monoisotopic (exact) mass is 209 g/mol. The van der Waals surface area contributed by atoms with Crippen molar-refractivity contribution >= 4 is 10.9 Å². The second-order valence-electron chi connectivity index (χ2n) is 3.83. The zero-order valence-electron chi connectivity index (χ0n) is 8.94. The molecule has 0 fully saturated rings. The van der Waals surface area contributed by atoms with E-state index in [-0.39, 0.29) is 0 Å². The number of aryl methyl sites for hydroxylation is 1. The second-order valence-corrected chi connectivity index (χ2v) is 3.83. The summed E-state index contributed by atoms with van der Waals surface area (Å²) >= 11 is 0. The molecule has 2 aromatic heterocycles. The van der Waals surface area contributed by atoms with Crippen molar-refractivity contribution in [3.63, 3.8) is 0 Å². The number of nitrogens with zero attached hydrogens (tertiary/aromatic N) is 2. The summed E-state index contributed by atoms with van der Waals surface area (Å²) in [5.41, 5.74) is 3.09. The maximum Gasteiger partial charge on any atom is 0.139 e. The number of benzene rings is 1. The first kappa shape index (κ1) is 9.09. The highest BCUT2D eigenvalue weighted by Gasteiger charge is 2.03. The Bertz CT molecular complexity index is 640. The summed E-state index contributed by atoms with van der Waals surface area (Å²) < 4.78 is 0. The second kappa shape index (κ2) is 3.45. The predicted octanol–water partition coefficient (Wildman–Crippen LogP) is 2.93. The zero-order valence-corrected chi connectivity index (χ0v) is 8.94. The molecule has 0 spiro atoms. The van der Waals surface area contributed by atoms with Crippen LogP contribution in [0, 0.1) is 6.92 Å². The van der Waals surface area contributed by atoms with Crippen molar-refractivity contribution in [2.45, 2.75) is 6.92 Å². The van der Waals surface area contributed by atoms with Crippen LogP contribution in [0.15, 0.2) is 42.7 Å². The maximum atomic E-state index is 4.41. The summed E-state index contributed by atoms with van der Waals surface area (Å²) in [7, 11) is 0. The Labute approximate surface area is 93.2 Å². The molecule has 1 aromatic carbocycles. The molecule has 1 N–H and O–H groups in total. The summed E-state index contributed by atoms with van der Waals surface area (Å²) in [4.78, 5) is 11.9. The minimum atomic E-state index is 0.871. The third-order valence-electron chi connectivity index (χ3n) is 2.57. The van der Waals surface area contributed by atoms with Crippen LogP contribution in [0.5, 0.6) is 0 Å². The van der Waals surface area contributed by atoms with Gasteiger partial charge in [-0.2, -0.15) is 0 Å². The number of rotatable bonds is 1. The molecule has 0 saturated heterocycles. The minimum absolute atomic E-state index is 0.871. The summed E-state index contributed by atoms with van der Waals surface area (Å²) in [5.74, 6) is 0.871. The SMILES string of the molecule is Cc1cnc(-c2cnc3ccccc3c2)[nH]1. The quantitative estimate of drug-likeness (QED) is 0.669. The lowest BCUT2D eigenvalue weighted by Gasteiger charge is -1.99. The lowest BCUT2D eigenvalue weighted by Crippen LogP contribution is -1.84. The largest absolute Gasteiger partial charge is 0.342 e. The van der Waals surface area contributed by atoms with E-state index in [4.69, 9.17) is 0 Å². The minimum Gasteiger partial charge on any atom is -0.342 e.